The molecule has 0 bridgehead atoms. The van der Waals surface area contributed by atoms with Gasteiger partial charge in [-0.1, -0.05) is 12.1 Å². The van der Waals surface area contributed by atoms with Gasteiger partial charge in [-0.25, -0.2) is 0 Å². The lowest BCUT2D eigenvalue weighted by Crippen LogP contribution is -2.39. The summed E-state index contributed by atoms with van der Waals surface area (Å²) in [5.74, 6) is 0.558. The first-order chi connectivity index (χ1) is 10.3. The van der Waals surface area contributed by atoms with Crippen molar-refractivity contribution in [2.45, 2.75) is 32.2 Å². The zero-order valence-corrected chi connectivity index (χ0v) is 12.1. The van der Waals surface area contributed by atoms with E-state index in [1.165, 1.54) is 5.56 Å². The molecule has 1 aliphatic rings. The number of carbonyl (C=O) groups is 1. The zero-order valence-electron chi connectivity index (χ0n) is 12.1. The van der Waals surface area contributed by atoms with E-state index in [1.807, 2.05) is 31.3 Å². The molecule has 1 amide bonds. The largest absolute Gasteiger partial charge is 0.493 e. The number of para-hydroxylation sites is 1. The molecule has 1 aromatic heterocycles. The minimum absolute atomic E-state index is 0.0768. The summed E-state index contributed by atoms with van der Waals surface area (Å²) in [5.41, 5.74) is 2.98. The Hall–Kier alpha value is -2.30. The Morgan fingerprint density at radius 1 is 1.48 bits per heavy atom. The molecule has 2 aromatic rings. The summed E-state index contributed by atoms with van der Waals surface area (Å²) in [6.07, 6.45) is 4.56. The highest BCUT2D eigenvalue weighted by Gasteiger charge is 2.23. The summed E-state index contributed by atoms with van der Waals surface area (Å²) in [6, 6.07) is 7.49. The van der Waals surface area contributed by atoms with E-state index in [-0.39, 0.29) is 11.9 Å². The number of amides is 1. The fourth-order valence-corrected chi connectivity index (χ4v) is 2.73. The molecule has 1 atom stereocenters. The summed E-state index contributed by atoms with van der Waals surface area (Å²) in [7, 11) is 0. The molecule has 0 saturated heterocycles. The van der Waals surface area contributed by atoms with E-state index in [0.717, 1.165) is 25.0 Å². The van der Waals surface area contributed by atoms with Crippen LogP contribution in [0, 0.1) is 0 Å². The Kier molecular flexibility index (Phi) is 3.90. The first-order valence-corrected chi connectivity index (χ1v) is 7.31. The molecule has 1 aliphatic carbocycles. The van der Waals surface area contributed by atoms with Crippen LogP contribution < -0.4 is 10.1 Å². The fraction of sp³-hybridized carbons (Fsp3) is 0.375. The first-order valence-electron chi connectivity index (χ1n) is 7.31. The zero-order chi connectivity index (χ0) is 14.7. The second kappa shape index (κ2) is 5.99. The standard InChI is InChI=1S/C16H19N3O2/c1-2-21-15-6-4-3-5-13(15)16(20)18-12-8-7-11-10-17-19-14(11)9-12/h3-6,10,12H,2,7-9H2,1H3,(H,17,19)(H,18,20). The van der Waals surface area contributed by atoms with Crippen molar-refractivity contribution in [3.8, 4) is 5.75 Å². The number of benzene rings is 1. The van der Waals surface area contributed by atoms with Gasteiger partial charge in [-0.05, 0) is 37.5 Å². The van der Waals surface area contributed by atoms with Crippen molar-refractivity contribution in [1.29, 1.82) is 0 Å². The first kappa shape index (κ1) is 13.7. The Morgan fingerprint density at radius 2 is 2.33 bits per heavy atom. The molecule has 1 aromatic carbocycles. The number of aromatic amines is 1. The highest BCUT2D eigenvalue weighted by atomic mass is 16.5. The van der Waals surface area contributed by atoms with Crippen LogP contribution in [0.15, 0.2) is 30.5 Å². The van der Waals surface area contributed by atoms with E-state index in [0.29, 0.717) is 17.9 Å². The van der Waals surface area contributed by atoms with E-state index >= 15 is 0 Å². The summed E-state index contributed by atoms with van der Waals surface area (Å²) in [5, 5.41) is 10.2. The van der Waals surface area contributed by atoms with Crippen LogP contribution >= 0.6 is 0 Å². The molecule has 0 fully saturated rings. The number of carbonyl (C=O) groups excluding carboxylic acids is 1. The molecule has 5 heteroatoms. The smallest absolute Gasteiger partial charge is 0.255 e. The number of rotatable bonds is 4. The maximum Gasteiger partial charge on any atom is 0.255 e. The third kappa shape index (κ3) is 2.91. The van der Waals surface area contributed by atoms with Crippen molar-refractivity contribution in [3.63, 3.8) is 0 Å². The van der Waals surface area contributed by atoms with E-state index in [2.05, 4.69) is 15.5 Å². The normalized spacial score (nSPS) is 17.1. The van der Waals surface area contributed by atoms with Gasteiger partial charge in [-0.3, -0.25) is 9.89 Å². The van der Waals surface area contributed by atoms with E-state index in [9.17, 15) is 4.79 Å². The quantitative estimate of drug-likeness (QED) is 0.904. The molecule has 21 heavy (non-hydrogen) atoms. The SMILES string of the molecule is CCOc1ccccc1C(=O)NC1CCc2cn[nH]c2C1. The number of aryl methyl sites for hydroxylation is 1. The van der Waals surface area contributed by atoms with Gasteiger partial charge in [0.05, 0.1) is 18.4 Å². The molecule has 0 aliphatic heterocycles. The summed E-state index contributed by atoms with van der Waals surface area (Å²) in [4.78, 5) is 12.4. The second-order valence-corrected chi connectivity index (χ2v) is 5.22. The van der Waals surface area contributed by atoms with Crippen molar-refractivity contribution < 1.29 is 9.53 Å². The maximum atomic E-state index is 12.4. The van der Waals surface area contributed by atoms with Crippen LogP contribution in [0.3, 0.4) is 0 Å². The van der Waals surface area contributed by atoms with Crippen molar-refractivity contribution in [2.75, 3.05) is 6.61 Å². The average molecular weight is 285 g/mol. The van der Waals surface area contributed by atoms with Crippen molar-refractivity contribution in [1.82, 2.24) is 15.5 Å². The Labute approximate surface area is 123 Å². The number of ether oxygens (including phenoxy) is 1. The Balaban J connectivity index is 1.70. The number of hydrogen-bond donors (Lipinski definition) is 2. The van der Waals surface area contributed by atoms with Gasteiger partial charge in [-0.2, -0.15) is 5.10 Å². The monoisotopic (exact) mass is 285 g/mol. The highest BCUT2D eigenvalue weighted by molar-refractivity contribution is 5.97. The number of hydrogen-bond acceptors (Lipinski definition) is 3. The maximum absolute atomic E-state index is 12.4. The Bertz CT molecular complexity index is 636. The van der Waals surface area contributed by atoms with Gasteiger partial charge in [0.1, 0.15) is 5.75 Å². The van der Waals surface area contributed by atoms with Crippen molar-refractivity contribution >= 4 is 5.91 Å². The second-order valence-electron chi connectivity index (χ2n) is 5.22. The van der Waals surface area contributed by atoms with Crippen LogP contribution in [-0.4, -0.2) is 28.8 Å². The minimum Gasteiger partial charge on any atom is -0.493 e. The van der Waals surface area contributed by atoms with Crippen LogP contribution in [0.1, 0.15) is 35.0 Å². The van der Waals surface area contributed by atoms with Crippen molar-refractivity contribution in [2.24, 2.45) is 0 Å². The van der Waals surface area contributed by atoms with Crippen molar-refractivity contribution in [3.05, 3.63) is 47.3 Å². The molecule has 0 radical (unpaired) electrons. The third-order valence-electron chi connectivity index (χ3n) is 3.79. The molecule has 5 nitrogen and oxygen atoms in total. The van der Waals surface area contributed by atoms with Gasteiger partial charge in [0.15, 0.2) is 0 Å². The summed E-state index contributed by atoms with van der Waals surface area (Å²) >= 11 is 0. The lowest BCUT2D eigenvalue weighted by atomic mass is 9.93. The topological polar surface area (TPSA) is 67.0 Å². The van der Waals surface area contributed by atoms with Gasteiger partial charge in [-0.15, -0.1) is 0 Å². The van der Waals surface area contributed by atoms with E-state index < -0.39 is 0 Å². The van der Waals surface area contributed by atoms with Crippen LogP contribution in [0.5, 0.6) is 5.75 Å². The predicted octanol–water partition coefficient (Wildman–Crippen LogP) is 2.10. The molecule has 2 N–H and O–H groups in total. The fourth-order valence-electron chi connectivity index (χ4n) is 2.73. The molecular weight excluding hydrogens is 266 g/mol. The number of H-pyrrole nitrogens is 1. The van der Waals surface area contributed by atoms with Gasteiger partial charge >= 0.3 is 0 Å². The number of aromatic nitrogens is 2. The average Bonchev–Trinajstić information content (AvgIpc) is 2.95. The lowest BCUT2D eigenvalue weighted by molar-refractivity contribution is 0.0929. The predicted molar refractivity (Wildman–Crippen MR) is 79.5 cm³/mol. The molecule has 110 valence electrons. The summed E-state index contributed by atoms with van der Waals surface area (Å²) < 4.78 is 5.51. The van der Waals surface area contributed by atoms with Gasteiger partial charge < -0.3 is 10.1 Å². The van der Waals surface area contributed by atoms with E-state index in [1.54, 1.807) is 6.07 Å². The van der Waals surface area contributed by atoms with Crippen LogP contribution in [0.25, 0.3) is 0 Å². The van der Waals surface area contributed by atoms with Crippen LogP contribution in [-0.2, 0) is 12.8 Å². The molecular formula is C16H19N3O2. The number of nitrogens with one attached hydrogen (secondary N) is 2. The Morgan fingerprint density at radius 3 is 3.19 bits per heavy atom. The van der Waals surface area contributed by atoms with Gasteiger partial charge in [0, 0.05) is 18.2 Å². The third-order valence-corrected chi connectivity index (χ3v) is 3.79. The van der Waals surface area contributed by atoms with E-state index in [4.69, 9.17) is 4.74 Å². The van der Waals surface area contributed by atoms with Gasteiger partial charge in [0.2, 0.25) is 0 Å². The van der Waals surface area contributed by atoms with Crippen LogP contribution in [0.4, 0.5) is 0 Å². The number of nitrogens with zero attached hydrogens (tertiary/aromatic N) is 1. The lowest BCUT2D eigenvalue weighted by Gasteiger charge is -2.23. The number of fused-ring (bicyclic) bond motifs is 1. The molecule has 1 heterocycles. The minimum atomic E-state index is -0.0768. The summed E-state index contributed by atoms with van der Waals surface area (Å²) in [6.45, 7) is 2.46. The molecule has 0 saturated carbocycles. The van der Waals surface area contributed by atoms with Gasteiger partial charge in [0.25, 0.3) is 5.91 Å². The molecule has 0 spiro atoms. The highest BCUT2D eigenvalue weighted by Crippen LogP contribution is 2.21. The molecule has 3 rings (SSSR count). The van der Waals surface area contributed by atoms with Crippen LogP contribution in [0.2, 0.25) is 0 Å². The molecule has 1 unspecified atom stereocenters.